The van der Waals surface area contributed by atoms with Gasteiger partial charge >= 0.3 is 5.97 Å². The largest absolute Gasteiger partial charge is 0.481 e. The fourth-order valence-electron chi connectivity index (χ4n) is 3.01. The van der Waals surface area contributed by atoms with Gasteiger partial charge in [-0.25, -0.2) is 0 Å². The number of amides is 5. The number of thioether (sulfide) groups is 2. The first kappa shape index (κ1) is 38.5. The smallest absolute Gasteiger partial charge is 0.303 e. The highest BCUT2D eigenvalue weighted by molar-refractivity contribution is 8.00. The number of carbonyl (C=O) groups excluding carboxylic acids is 5. The number of carboxylic acids is 1. The SMILES string of the molecule is CC(C)SCC(=O)NCCN(CCNC(=O)CSC(C)C)C(=O)CCC(=O)NCCOCCNC(=O)CCC(=O)O. The van der Waals surface area contributed by atoms with Crippen LogP contribution >= 0.6 is 23.5 Å². The van der Waals surface area contributed by atoms with Crippen LogP contribution in [0.15, 0.2) is 0 Å². The van der Waals surface area contributed by atoms with Gasteiger partial charge in [0.05, 0.1) is 31.1 Å². The lowest BCUT2D eigenvalue weighted by Gasteiger charge is -2.23. The van der Waals surface area contributed by atoms with Gasteiger partial charge in [0.25, 0.3) is 0 Å². The van der Waals surface area contributed by atoms with E-state index in [1.807, 2.05) is 27.7 Å². The average Bonchev–Trinajstić information content (AvgIpc) is 2.91. The van der Waals surface area contributed by atoms with Crippen molar-refractivity contribution in [2.24, 2.45) is 0 Å². The first-order valence-corrected chi connectivity index (χ1v) is 15.9. The number of carbonyl (C=O) groups is 6. The summed E-state index contributed by atoms with van der Waals surface area (Å²) in [6, 6.07) is 0. The second-order valence-corrected chi connectivity index (χ2v) is 12.6. The lowest BCUT2D eigenvalue weighted by Crippen LogP contribution is -2.43. The molecule has 0 atom stereocenters. The third-order valence-electron chi connectivity index (χ3n) is 5.12. The molecule has 13 nitrogen and oxygen atoms in total. The molecule has 0 aromatic rings. The molecule has 5 N–H and O–H groups in total. The van der Waals surface area contributed by atoms with Crippen molar-refractivity contribution in [1.29, 1.82) is 0 Å². The third-order valence-corrected chi connectivity index (χ3v) is 7.32. The van der Waals surface area contributed by atoms with Gasteiger partial charge in [0.15, 0.2) is 0 Å². The van der Waals surface area contributed by atoms with Crippen LogP contribution in [0.4, 0.5) is 0 Å². The predicted octanol–water partition coefficient (Wildman–Crippen LogP) is 0.225. The Bertz CT molecular complexity index is 800. The summed E-state index contributed by atoms with van der Waals surface area (Å²) in [5.74, 6) is -1.55. The summed E-state index contributed by atoms with van der Waals surface area (Å²) in [5.41, 5.74) is 0. The normalized spacial score (nSPS) is 10.8. The van der Waals surface area contributed by atoms with Crippen molar-refractivity contribution in [2.75, 3.05) is 64.0 Å². The number of hydrogen-bond donors (Lipinski definition) is 5. The summed E-state index contributed by atoms with van der Waals surface area (Å²) < 4.78 is 5.32. The van der Waals surface area contributed by atoms with Gasteiger partial charge in [-0.3, -0.25) is 28.8 Å². The molecule has 0 aliphatic carbocycles. The molecule has 0 spiro atoms. The van der Waals surface area contributed by atoms with Gasteiger partial charge in [0.2, 0.25) is 29.5 Å². The van der Waals surface area contributed by atoms with Crippen molar-refractivity contribution in [1.82, 2.24) is 26.2 Å². The van der Waals surface area contributed by atoms with E-state index in [-0.39, 0.29) is 108 Å². The van der Waals surface area contributed by atoms with Crippen LogP contribution in [0.3, 0.4) is 0 Å². The molecule has 0 aromatic carbocycles. The highest BCUT2D eigenvalue weighted by Gasteiger charge is 2.16. The Morgan fingerprint density at radius 3 is 1.46 bits per heavy atom. The number of rotatable bonds is 24. The van der Waals surface area contributed by atoms with Crippen LogP contribution in [0, 0.1) is 0 Å². The molecule has 0 aliphatic heterocycles. The Balaban J connectivity index is 4.41. The van der Waals surface area contributed by atoms with E-state index in [0.29, 0.717) is 22.0 Å². The zero-order chi connectivity index (χ0) is 31.0. The maximum Gasteiger partial charge on any atom is 0.303 e. The number of nitrogens with one attached hydrogen (secondary N) is 4. The Morgan fingerprint density at radius 2 is 1.05 bits per heavy atom. The Labute approximate surface area is 251 Å². The number of hydrogen-bond acceptors (Lipinski definition) is 9. The van der Waals surface area contributed by atoms with Crippen LogP contribution in [0.5, 0.6) is 0 Å². The average molecular weight is 622 g/mol. The first-order valence-electron chi connectivity index (χ1n) is 13.8. The van der Waals surface area contributed by atoms with Gasteiger partial charge in [-0.15, -0.1) is 23.5 Å². The third kappa shape index (κ3) is 25.0. The minimum atomic E-state index is -1.04. The minimum absolute atomic E-state index is 0.0241. The van der Waals surface area contributed by atoms with Gasteiger partial charge in [-0.1, -0.05) is 27.7 Å². The van der Waals surface area contributed by atoms with Crippen LogP contribution in [-0.2, 0) is 33.5 Å². The highest BCUT2D eigenvalue weighted by atomic mass is 32.2. The fraction of sp³-hybridized carbons (Fsp3) is 0.769. The zero-order valence-corrected chi connectivity index (χ0v) is 26.3. The van der Waals surface area contributed by atoms with Crippen molar-refractivity contribution in [3.05, 3.63) is 0 Å². The number of carboxylic acid groups (broad SMARTS) is 1. The van der Waals surface area contributed by atoms with Crippen LogP contribution in [0.2, 0.25) is 0 Å². The van der Waals surface area contributed by atoms with Gasteiger partial charge < -0.3 is 36.0 Å². The molecular weight excluding hydrogens is 574 g/mol. The summed E-state index contributed by atoms with van der Waals surface area (Å²) >= 11 is 3.05. The molecule has 0 radical (unpaired) electrons. The monoisotopic (exact) mass is 621 g/mol. The molecule has 0 aliphatic rings. The van der Waals surface area contributed by atoms with Crippen molar-refractivity contribution >= 4 is 59.0 Å². The van der Waals surface area contributed by atoms with Crippen molar-refractivity contribution in [2.45, 2.75) is 63.9 Å². The van der Waals surface area contributed by atoms with E-state index in [2.05, 4.69) is 21.3 Å². The van der Waals surface area contributed by atoms with E-state index >= 15 is 0 Å². The Morgan fingerprint density at radius 1 is 0.634 bits per heavy atom. The van der Waals surface area contributed by atoms with E-state index in [0.717, 1.165) is 0 Å². The highest BCUT2D eigenvalue weighted by Crippen LogP contribution is 2.08. The Kier molecular flexibility index (Phi) is 22.6. The summed E-state index contributed by atoms with van der Waals surface area (Å²) in [6.07, 6.45) is -0.381. The predicted molar refractivity (Wildman–Crippen MR) is 161 cm³/mol. The Hall–Kier alpha value is -2.52. The lowest BCUT2D eigenvalue weighted by molar-refractivity contribution is -0.138. The van der Waals surface area contributed by atoms with Crippen LogP contribution in [-0.4, -0.2) is 120 Å². The molecule has 236 valence electrons. The summed E-state index contributed by atoms with van der Waals surface area (Å²) in [4.78, 5) is 72.4. The fourth-order valence-corrected chi connectivity index (χ4v) is 4.19. The topological polar surface area (TPSA) is 183 Å². The maximum absolute atomic E-state index is 12.8. The van der Waals surface area contributed by atoms with E-state index in [9.17, 15) is 28.8 Å². The lowest BCUT2D eigenvalue weighted by atomic mass is 10.2. The zero-order valence-electron chi connectivity index (χ0n) is 24.6. The number of ether oxygens (including phenoxy) is 1. The molecule has 0 fully saturated rings. The van der Waals surface area contributed by atoms with Gasteiger partial charge in [0, 0.05) is 58.5 Å². The molecule has 5 amide bonds. The molecule has 0 unspecified atom stereocenters. The van der Waals surface area contributed by atoms with Crippen molar-refractivity contribution in [3.63, 3.8) is 0 Å². The van der Waals surface area contributed by atoms with E-state index in [1.54, 1.807) is 0 Å². The molecule has 41 heavy (non-hydrogen) atoms. The summed E-state index contributed by atoms with van der Waals surface area (Å²) in [7, 11) is 0. The quantitative estimate of drug-likeness (QED) is 0.0935. The standard InChI is InChI=1S/C26H47N5O8S2/c1-19(2)40-17-23(34)27-9-13-31(14-10-28-24(35)18-41-20(3)4)25(36)7-5-21(32)29-11-15-39-16-12-30-22(33)6-8-26(37)38/h19-20H,5-18H2,1-4H3,(H,27,34)(H,28,35)(H,29,32)(H,30,33)(H,37,38). The van der Waals surface area contributed by atoms with Crippen LogP contribution in [0.25, 0.3) is 0 Å². The van der Waals surface area contributed by atoms with Crippen molar-refractivity contribution < 1.29 is 38.6 Å². The molecule has 15 heteroatoms. The van der Waals surface area contributed by atoms with Crippen molar-refractivity contribution in [3.8, 4) is 0 Å². The molecule has 0 rings (SSSR count). The molecule has 0 heterocycles. The number of nitrogens with zero attached hydrogens (tertiary/aromatic N) is 1. The number of aliphatic carboxylic acids is 1. The van der Waals surface area contributed by atoms with Crippen LogP contribution < -0.4 is 21.3 Å². The van der Waals surface area contributed by atoms with Gasteiger partial charge in [-0.05, 0) is 10.5 Å². The van der Waals surface area contributed by atoms with E-state index in [1.165, 1.54) is 28.4 Å². The van der Waals surface area contributed by atoms with Gasteiger partial charge in [-0.2, -0.15) is 0 Å². The first-order chi connectivity index (χ1) is 19.4. The molecular formula is C26H47N5O8S2. The summed E-state index contributed by atoms with van der Waals surface area (Å²) in [5, 5.41) is 20.0. The van der Waals surface area contributed by atoms with Crippen LogP contribution in [0.1, 0.15) is 53.4 Å². The van der Waals surface area contributed by atoms with E-state index < -0.39 is 5.97 Å². The van der Waals surface area contributed by atoms with Gasteiger partial charge in [0.1, 0.15) is 0 Å². The molecule has 0 saturated carbocycles. The summed E-state index contributed by atoms with van der Waals surface area (Å²) in [6.45, 7) is 9.95. The second-order valence-electron chi connectivity index (χ2n) is 9.51. The molecule has 0 bridgehead atoms. The molecule has 0 aromatic heterocycles. The second kappa shape index (κ2) is 24.1. The molecule has 0 saturated heterocycles. The van der Waals surface area contributed by atoms with E-state index in [4.69, 9.17) is 9.84 Å². The minimum Gasteiger partial charge on any atom is -0.481 e. The maximum atomic E-state index is 12.8.